The van der Waals surface area contributed by atoms with Crippen LogP contribution in [0.25, 0.3) is 0 Å². The Morgan fingerprint density at radius 2 is 1.90 bits per heavy atom. The number of carbonyl (C=O) groups is 1. The number of nitrogens with one attached hydrogen (secondary N) is 3. The van der Waals surface area contributed by atoms with Gasteiger partial charge in [-0.1, -0.05) is 52.4 Å². The molecule has 5 rings (SSSR count). The normalized spacial score (nSPS) is 14.7. The van der Waals surface area contributed by atoms with E-state index in [0.717, 1.165) is 41.3 Å². The van der Waals surface area contributed by atoms with Gasteiger partial charge in [0.1, 0.15) is 5.82 Å². The van der Waals surface area contributed by atoms with Gasteiger partial charge in [-0.2, -0.15) is 0 Å². The van der Waals surface area contributed by atoms with Crippen LogP contribution in [-0.2, 0) is 5.41 Å². The first-order valence-corrected chi connectivity index (χ1v) is 14.6. The molecular weight excluding hydrogens is 578 g/mol. The molecule has 0 aliphatic carbocycles. The Balaban J connectivity index is 1.29. The molecule has 1 saturated heterocycles. The first-order valence-electron chi connectivity index (χ1n) is 12.3. The number of aryl methyl sites for hydroxylation is 1. The average Bonchev–Trinajstić information content (AvgIpc) is 3.37. The molecule has 1 aliphatic heterocycles. The fraction of sp³-hybridized carbons (Fsp3) is 0.259. The first-order chi connectivity index (χ1) is 18.8. The molecule has 1 aliphatic rings. The van der Waals surface area contributed by atoms with E-state index in [-0.39, 0.29) is 11.1 Å². The number of amides is 1. The molecule has 0 unspecified atom stereocenters. The van der Waals surface area contributed by atoms with Crippen molar-refractivity contribution in [3.8, 4) is 0 Å². The van der Waals surface area contributed by atoms with Crippen molar-refractivity contribution in [1.29, 1.82) is 0 Å². The summed E-state index contributed by atoms with van der Waals surface area (Å²) in [5, 5.41) is 11.0. The highest BCUT2D eigenvalue weighted by Crippen LogP contribution is 2.38. The summed E-state index contributed by atoms with van der Waals surface area (Å²) in [6.07, 6.45) is 6.40. The number of anilines is 2. The number of thiazole rings is 1. The molecule has 4 heterocycles. The molecule has 1 amide bonds. The van der Waals surface area contributed by atoms with Gasteiger partial charge < -0.3 is 16.0 Å². The second-order valence-corrected chi connectivity index (χ2v) is 12.4. The van der Waals surface area contributed by atoms with Gasteiger partial charge in [0.2, 0.25) is 0 Å². The van der Waals surface area contributed by atoms with Crippen molar-refractivity contribution in [3.63, 3.8) is 0 Å². The maximum Gasteiger partial charge on any atom is 0.273 e. The maximum atomic E-state index is 15.5. The summed E-state index contributed by atoms with van der Waals surface area (Å²) in [5.41, 5.74) is 1.47. The van der Waals surface area contributed by atoms with Crippen LogP contribution >= 0.6 is 46.3 Å². The highest BCUT2D eigenvalue weighted by Gasteiger charge is 2.35. The van der Waals surface area contributed by atoms with Crippen LogP contribution in [0.15, 0.2) is 64.1 Å². The number of nitrogens with zero attached hydrogens (tertiary/aromatic N) is 3. The van der Waals surface area contributed by atoms with Crippen molar-refractivity contribution in [3.05, 3.63) is 87.7 Å². The molecule has 3 N–H and O–H groups in total. The van der Waals surface area contributed by atoms with E-state index in [0.29, 0.717) is 32.4 Å². The summed E-state index contributed by atoms with van der Waals surface area (Å²) in [5.74, 6) is -0.551. The van der Waals surface area contributed by atoms with Crippen LogP contribution in [0.4, 0.5) is 15.3 Å². The summed E-state index contributed by atoms with van der Waals surface area (Å²) >= 11 is 15.0. The van der Waals surface area contributed by atoms with Crippen molar-refractivity contribution in [2.75, 3.05) is 25.0 Å². The van der Waals surface area contributed by atoms with Crippen LogP contribution in [-0.4, -0.2) is 40.5 Å². The Morgan fingerprint density at radius 3 is 2.67 bits per heavy atom. The molecule has 0 atom stereocenters. The summed E-state index contributed by atoms with van der Waals surface area (Å²) < 4.78 is 16.2. The Bertz CT molecular complexity index is 1490. The Morgan fingerprint density at radius 1 is 1.10 bits per heavy atom. The van der Waals surface area contributed by atoms with E-state index in [1.807, 2.05) is 31.2 Å². The van der Waals surface area contributed by atoms with E-state index in [1.54, 1.807) is 24.5 Å². The SMILES string of the molecule is Cc1ccnc(Nc2ncc(Sc3ccnc(C(=O)NCC4(c5ccc(Cl)c(Cl)c5)CCNCC4)c3F)s2)c1. The average molecular weight is 604 g/mol. The molecule has 3 aromatic heterocycles. The third kappa shape index (κ3) is 6.53. The molecule has 4 aromatic rings. The molecule has 202 valence electrons. The molecule has 7 nitrogen and oxygen atoms in total. The van der Waals surface area contributed by atoms with Gasteiger partial charge in [-0.05, 0) is 74.3 Å². The second-order valence-electron chi connectivity index (χ2n) is 9.24. The minimum absolute atomic E-state index is 0.245. The van der Waals surface area contributed by atoms with Crippen LogP contribution < -0.4 is 16.0 Å². The van der Waals surface area contributed by atoms with Crippen LogP contribution in [0, 0.1) is 12.7 Å². The molecule has 1 aromatic carbocycles. The summed E-state index contributed by atoms with van der Waals surface area (Å²) in [4.78, 5) is 26.1. The van der Waals surface area contributed by atoms with Gasteiger partial charge in [0.05, 0.1) is 25.3 Å². The van der Waals surface area contributed by atoms with E-state index in [9.17, 15) is 4.79 Å². The van der Waals surface area contributed by atoms with Crippen LogP contribution in [0.5, 0.6) is 0 Å². The summed E-state index contributed by atoms with van der Waals surface area (Å²) in [6.45, 7) is 3.89. The number of carbonyl (C=O) groups excluding carboxylic acids is 1. The molecule has 0 bridgehead atoms. The number of hydrogen-bond donors (Lipinski definition) is 3. The Labute approximate surface area is 244 Å². The Hall–Kier alpha value is -2.76. The molecule has 1 fully saturated rings. The quantitative estimate of drug-likeness (QED) is 0.208. The number of pyridine rings is 2. The lowest BCUT2D eigenvalue weighted by Gasteiger charge is -2.38. The first kappa shape index (κ1) is 27.8. The fourth-order valence-electron chi connectivity index (χ4n) is 4.48. The van der Waals surface area contributed by atoms with E-state index in [4.69, 9.17) is 23.2 Å². The summed E-state index contributed by atoms with van der Waals surface area (Å²) in [6, 6.07) is 10.9. The predicted octanol–water partition coefficient (Wildman–Crippen LogP) is 6.63. The van der Waals surface area contributed by atoms with E-state index >= 15 is 4.39 Å². The molecule has 0 radical (unpaired) electrons. The van der Waals surface area contributed by atoms with E-state index in [1.165, 1.54) is 29.3 Å². The molecule has 39 heavy (non-hydrogen) atoms. The van der Waals surface area contributed by atoms with Gasteiger partial charge >= 0.3 is 0 Å². The number of aromatic nitrogens is 3. The van der Waals surface area contributed by atoms with Crippen LogP contribution in [0.1, 0.15) is 34.5 Å². The number of rotatable bonds is 8. The highest BCUT2D eigenvalue weighted by molar-refractivity contribution is 8.01. The lowest BCUT2D eigenvalue weighted by atomic mass is 9.73. The van der Waals surface area contributed by atoms with Gasteiger partial charge in [0.25, 0.3) is 5.91 Å². The lowest BCUT2D eigenvalue weighted by molar-refractivity contribution is 0.0927. The fourth-order valence-corrected chi connectivity index (χ4v) is 6.65. The number of halogens is 3. The third-order valence-corrected chi connectivity index (χ3v) is 9.38. The van der Waals surface area contributed by atoms with Gasteiger partial charge in [-0.15, -0.1) is 0 Å². The number of piperidine rings is 1. The van der Waals surface area contributed by atoms with E-state index < -0.39 is 11.7 Å². The van der Waals surface area contributed by atoms with Gasteiger partial charge in [0.15, 0.2) is 16.6 Å². The maximum absolute atomic E-state index is 15.5. The molecule has 0 spiro atoms. The zero-order valence-corrected chi connectivity index (χ0v) is 24.1. The van der Waals surface area contributed by atoms with E-state index in [2.05, 4.69) is 30.9 Å². The predicted molar refractivity (Wildman–Crippen MR) is 155 cm³/mol. The Kier molecular flexibility index (Phi) is 8.68. The zero-order valence-electron chi connectivity index (χ0n) is 20.9. The van der Waals surface area contributed by atoms with Crippen LogP contribution in [0.3, 0.4) is 0 Å². The lowest BCUT2D eigenvalue weighted by Crippen LogP contribution is -2.47. The minimum atomic E-state index is -0.669. The third-order valence-electron chi connectivity index (χ3n) is 6.59. The molecule has 0 saturated carbocycles. The minimum Gasteiger partial charge on any atom is -0.350 e. The zero-order chi connectivity index (χ0) is 27.4. The van der Waals surface area contributed by atoms with Crippen molar-refractivity contribution in [2.45, 2.75) is 34.3 Å². The standard InChI is InChI=1S/C27H25Cl2FN6OS2/c1-16-4-8-32-21(12-16)36-26-34-14-22(39-26)38-20-5-9-33-24(23(20)30)25(37)35-15-27(6-10-31-11-7-27)17-2-3-18(28)19(29)13-17/h2-5,8-9,12-14,31H,6-7,10-11,15H2,1H3,(H,35,37)(H,32,34,36). The van der Waals surface area contributed by atoms with Crippen molar-refractivity contribution >= 4 is 63.2 Å². The molecular formula is C27H25Cl2FN6OS2. The number of hydrogen-bond acceptors (Lipinski definition) is 8. The smallest absolute Gasteiger partial charge is 0.273 e. The number of benzene rings is 1. The van der Waals surface area contributed by atoms with Crippen LogP contribution in [0.2, 0.25) is 10.0 Å². The van der Waals surface area contributed by atoms with Gasteiger partial charge in [-0.25, -0.2) is 19.3 Å². The van der Waals surface area contributed by atoms with Gasteiger partial charge in [0, 0.05) is 24.4 Å². The second kappa shape index (κ2) is 12.2. The highest BCUT2D eigenvalue weighted by atomic mass is 35.5. The van der Waals surface area contributed by atoms with Crippen molar-refractivity contribution < 1.29 is 9.18 Å². The van der Waals surface area contributed by atoms with Gasteiger partial charge in [-0.3, -0.25) is 4.79 Å². The molecule has 12 heteroatoms. The topological polar surface area (TPSA) is 91.8 Å². The van der Waals surface area contributed by atoms with Crippen molar-refractivity contribution in [1.82, 2.24) is 25.6 Å². The van der Waals surface area contributed by atoms with Crippen molar-refractivity contribution in [2.24, 2.45) is 0 Å². The summed E-state index contributed by atoms with van der Waals surface area (Å²) in [7, 11) is 0. The monoisotopic (exact) mass is 602 g/mol. The largest absolute Gasteiger partial charge is 0.350 e.